The molecule has 0 aliphatic heterocycles. The zero-order valence-corrected chi connectivity index (χ0v) is 20.5. The monoisotopic (exact) mass is 507 g/mol. The van der Waals surface area contributed by atoms with E-state index < -0.39 is 16.1 Å². The lowest BCUT2D eigenvalue weighted by Gasteiger charge is -2.08. The summed E-state index contributed by atoms with van der Waals surface area (Å²) in [6, 6.07) is 13.2. The van der Waals surface area contributed by atoms with Gasteiger partial charge in [0.2, 0.25) is 5.95 Å². The second kappa shape index (κ2) is 12.4. The molecule has 2 aromatic carbocycles. The highest BCUT2D eigenvalue weighted by Gasteiger charge is 2.17. The number of phenolic OH excluding ortho intramolecular Hbond substituents is 1. The lowest BCUT2D eigenvalue weighted by Crippen LogP contribution is -2.24. The number of Topliss-reactive ketones (excluding diaryl/α,β-unsaturated/α-hetero) is 1. The average molecular weight is 508 g/mol. The summed E-state index contributed by atoms with van der Waals surface area (Å²) < 4.78 is 27.2. The van der Waals surface area contributed by atoms with Gasteiger partial charge in [0.25, 0.3) is 10.0 Å². The number of aliphatic imine (C=N–C) groups is 2. The van der Waals surface area contributed by atoms with Crippen molar-refractivity contribution in [2.45, 2.75) is 24.8 Å². The predicted octanol–water partition coefficient (Wildman–Crippen LogP) is 3.60. The van der Waals surface area contributed by atoms with E-state index in [1.807, 2.05) is 0 Å². The molecule has 1 unspecified atom stereocenters. The molecule has 3 rings (SSSR count). The number of hydrogen-bond donors (Lipinski definition) is 2. The van der Waals surface area contributed by atoms with Gasteiger partial charge in [-0.15, -0.1) is 0 Å². The van der Waals surface area contributed by atoms with Crippen LogP contribution in [0, 0.1) is 0 Å². The quantitative estimate of drug-likeness (QED) is 0.229. The summed E-state index contributed by atoms with van der Waals surface area (Å²) >= 11 is 0. The Balaban J connectivity index is 1.61. The van der Waals surface area contributed by atoms with Gasteiger partial charge in [-0.25, -0.2) is 23.1 Å². The number of ketones is 1. The van der Waals surface area contributed by atoms with Crippen molar-refractivity contribution in [2.75, 3.05) is 17.8 Å². The first kappa shape index (κ1) is 26.3. The zero-order valence-electron chi connectivity index (χ0n) is 19.7. The molecule has 2 N–H and O–H groups in total. The molecule has 186 valence electrons. The minimum Gasteiger partial charge on any atom is -0.507 e. The summed E-state index contributed by atoms with van der Waals surface area (Å²) in [7, 11) is -3.87. The van der Waals surface area contributed by atoms with Gasteiger partial charge in [-0.05, 0) is 56.3 Å². The molecular formula is C24H25N7O4S. The second-order valence-electron chi connectivity index (χ2n) is 7.52. The molecule has 11 nitrogen and oxygen atoms in total. The number of benzene rings is 2. The van der Waals surface area contributed by atoms with E-state index in [0.717, 1.165) is 0 Å². The lowest BCUT2D eigenvalue weighted by atomic mass is 10.1. The Morgan fingerprint density at radius 1 is 1.03 bits per heavy atom. The van der Waals surface area contributed by atoms with Crippen molar-refractivity contribution in [3.8, 4) is 5.75 Å². The molecule has 12 heteroatoms. The molecule has 3 aromatic rings. The van der Waals surface area contributed by atoms with E-state index in [0.29, 0.717) is 30.1 Å². The zero-order chi connectivity index (χ0) is 26.0. The summed E-state index contributed by atoms with van der Waals surface area (Å²) in [4.78, 5) is 28.4. The van der Waals surface area contributed by atoms with Gasteiger partial charge in [0.15, 0.2) is 11.8 Å². The third kappa shape index (κ3) is 7.60. The maximum absolute atomic E-state index is 12.5. The minimum atomic E-state index is -3.87. The molecule has 0 saturated heterocycles. The van der Waals surface area contributed by atoms with E-state index >= 15 is 0 Å². The summed E-state index contributed by atoms with van der Waals surface area (Å²) in [5.74, 6) is -0.127. The van der Waals surface area contributed by atoms with Gasteiger partial charge in [0, 0.05) is 29.9 Å². The van der Waals surface area contributed by atoms with Crippen LogP contribution in [0.15, 0.2) is 92.1 Å². The van der Waals surface area contributed by atoms with E-state index in [-0.39, 0.29) is 22.4 Å². The van der Waals surface area contributed by atoms with Gasteiger partial charge >= 0.3 is 0 Å². The number of carbonyl (C=O) groups is 1. The molecule has 0 bridgehead atoms. The van der Waals surface area contributed by atoms with Crippen molar-refractivity contribution in [3.05, 3.63) is 72.6 Å². The summed E-state index contributed by atoms with van der Waals surface area (Å²) in [5.41, 5.74) is 1.46. The van der Waals surface area contributed by atoms with Crippen LogP contribution in [0.2, 0.25) is 0 Å². The smallest absolute Gasteiger partial charge is 0.264 e. The highest BCUT2D eigenvalue weighted by molar-refractivity contribution is 7.92. The van der Waals surface area contributed by atoms with Gasteiger partial charge in [-0.2, -0.15) is 10.2 Å². The van der Waals surface area contributed by atoms with Crippen LogP contribution in [-0.2, 0) is 14.8 Å². The number of azo groups is 1. The van der Waals surface area contributed by atoms with Crippen LogP contribution in [0.25, 0.3) is 0 Å². The fourth-order valence-electron chi connectivity index (χ4n) is 2.94. The highest BCUT2D eigenvalue weighted by atomic mass is 32.2. The van der Waals surface area contributed by atoms with Crippen molar-refractivity contribution < 1.29 is 18.3 Å². The maximum Gasteiger partial charge on any atom is 0.264 e. The average Bonchev–Trinajstić information content (AvgIpc) is 2.85. The SMILES string of the molecule is CC(=O)C(N=Nc1ccc(S(=O)(=O)Nc2ncccn2)cc1)C(C)=NCCN=Cc1ccccc1O. The number of sulfonamides is 1. The first-order chi connectivity index (χ1) is 17.3. The normalized spacial score (nSPS) is 13.2. The molecule has 0 amide bonds. The van der Waals surface area contributed by atoms with Crippen LogP contribution in [0.4, 0.5) is 11.6 Å². The molecule has 0 radical (unpaired) electrons. The number of hydrogen-bond acceptors (Lipinski definition) is 10. The van der Waals surface area contributed by atoms with Crippen LogP contribution >= 0.6 is 0 Å². The molecule has 1 heterocycles. The summed E-state index contributed by atoms with van der Waals surface area (Å²) in [6.07, 6.45) is 4.41. The van der Waals surface area contributed by atoms with Crippen LogP contribution in [0.3, 0.4) is 0 Å². The largest absolute Gasteiger partial charge is 0.507 e. The molecule has 0 aliphatic carbocycles. The molecule has 0 spiro atoms. The van der Waals surface area contributed by atoms with Crippen LogP contribution in [0.1, 0.15) is 19.4 Å². The fraction of sp³-hybridized carbons (Fsp3) is 0.208. The van der Waals surface area contributed by atoms with Gasteiger partial charge in [-0.1, -0.05) is 12.1 Å². The highest BCUT2D eigenvalue weighted by Crippen LogP contribution is 2.19. The Hall–Kier alpha value is -4.32. The van der Waals surface area contributed by atoms with E-state index in [4.69, 9.17) is 0 Å². The number of phenols is 1. The number of nitrogens with zero attached hydrogens (tertiary/aromatic N) is 6. The van der Waals surface area contributed by atoms with Crippen molar-refractivity contribution in [1.82, 2.24) is 9.97 Å². The van der Waals surface area contributed by atoms with Crippen LogP contribution in [0.5, 0.6) is 5.75 Å². The standard InChI is InChI=1S/C24H25N7O4S/c1-17(26-15-14-25-16-19-6-3-4-7-22(19)33)23(18(2)32)30-29-20-8-10-21(11-9-20)36(34,35)31-24-27-12-5-13-28-24/h3-13,16,23,33H,14-15H2,1-2H3,(H,27,28,31). The number of para-hydroxylation sites is 1. The summed E-state index contributed by atoms with van der Waals surface area (Å²) in [5, 5.41) is 17.9. The van der Waals surface area contributed by atoms with Crippen LogP contribution in [-0.4, -0.2) is 60.3 Å². The Labute approximate surface area is 208 Å². The molecular weight excluding hydrogens is 482 g/mol. The van der Waals surface area contributed by atoms with Crippen molar-refractivity contribution in [3.63, 3.8) is 0 Å². The molecule has 0 saturated carbocycles. The number of aromatic hydroxyl groups is 1. The van der Waals surface area contributed by atoms with Crippen LogP contribution < -0.4 is 4.72 Å². The Morgan fingerprint density at radius 3 is 2.39 bits per heavy atom. The Morgan fingerprint density at radius 2 is 1.72 bits per heavy atom. The number of rotatable bonds is 11. The fourth-order valence-corrected chi connectivity index (χ4v) is 3.89. The molecule has 1 aromatic heterocycles. The minimum absolute atomic E-state index is 0.000796. The molecule has 0 aliphatic rings. The Bertz CT molecular complexity index is 1370. The van der Waals surface area contributed by atoms with Gasteiger partial charge in [-0.3, -0.25) is 14.8 Å². The number of anilines is 1. The van der Waals surface area contributed by atoms with Crippen molar-refractivity contribution in [1.29, 1.82) is 0 Å². The van der Waals surface area contributed by atoms with Gasteiger partial charge < -0.3 is 5.11 Å². The first-order valence-corrected chi connectivity index (χ1v) is 12.3. The predicted molar refractivity (Wildman–Crippen MR) is 137 cm³/mol. The Kier molecular flexibility index (Phi) is 9.06. The van der Waals surface area contributed by atoms with Gasteiger partial charge in [0.05, 0.1) is 23.7 Å². The van der Waals surface area contributed by atoms with Gasteiger partial charge in [0.1, 0.15) is 5.75 Å². The van der Waals surface area contributed by atoms with E-state index in [1.165, 1.54) is 43.6 Å². The van der Waals surface area contributed by atoms with E-state index in [9.17, 15) is 18.3 Å². The number of nitrogens with one attached hydrogen (secondary N) is 1. The summed E-state index contributed by atoms with van der Waals surface area (Å²) in [6.45, 7) is 3.78. The topological polar surface area (TPSA) is 159 Å². The molecule has 36 heavy (non-hydrogen) atoms. The third-order valence-electron chi connectivity index (χ3n) is 4.77. The van der Waals surface area contributed by atoms with E-state index in [1.54, 1.807) is 43.5 Å². The maximum atomic E-state index is 12.5. The number of aromatic nitrogens is 2. The second-order valence-corrected chi connectivity index (χ2v) is 9.20. The third-order valence-corrected chi connectivity index (χ3v) is 6.11. The lowest BCUT2D eigenvalue weighted by molar-refractivity contribution is -0.116. The first-order valence-electron chi connectivity index (χ1n) is 10.9. The molecule has 1 atom stereocenters. The van der Waals surface area contributed by atoms with E-state index in [2.05, 4.69) is 34.9 Å². The van der Waals surface area contributed by atoms with Crippen molar-refractivity contribution >= 4 is 39.4 Å². The molecule has 0 fully saturated rings. The number of carbonyl (C=O) groups excluding carboxylic acids is 1. The van der Waals surface area contributed by atoms with Crippen molar-refractivity contribution in [2.24, 2.45) is 20.2 Å².